The van der Waals surface area contributed by atoms with Gasteiger partial charge in [0.25, 0.3) is 0 Å². The number of aromatic nitrogens is 4. The number of fused-ring (bicyclic) bond motifs is 3. The number of thiol groups is 1. The van der Waals surface area contributed by atoms with Gasteiger partial charge < -0.3 is 4.98 Å². The lowest BCUT2D eigenvalue weighted by molar-refractivity contribution is 0.615. The Balaban J connectivity index is 2.19. The van der Waals surface area contributed by atoms with Crippen molar-refractivity contribution >= 4 is 27.4 Å². The van der Waals surface area contributed by atoms with Crippen molar-refractivity contribution in [1.29, 1.82) is 0 Å². The number of nitrogens with zero attached hydrogens (tertiary/aromatic N) is 3. The molecule has 0 spiro atoms. The van der Waals surface area contributed by atoms with Crippen LogP contribution in [-0.2, 0) is 10.7 Å². The predicted octanol–water partition coefficient (Wildman–Crippen LogP) is 2.46. The minimum atomic E-state index is -2.68. The third-order valence-corrected chi connectivity index (χ3v) is 4.74. The molecule has 0 atom stereocenters. The van der Waals surface area contributed by atoms with Gasteiger partial charge in [-0.15, -0.1) is 10.2 Å². The Morgan fingerprint density at radius 1 is 1.04 bits per heavy atom. The van der Waals surface area contributed by atoms with E-state index in [9.17, 15) is 8.42 Å². The van der Waals surface area contributed by atoms with Crippen molar-refractivity contribution in [1.82, 2.24) is 19.6 Å². The Kier molecular flexibility index (Phi) is 2.99. The number of rotatable bonds is 2. The number of H-pyrrole nitrogens is 1. The van der Waals surface area contributed by atoms with E-state index in [0.29, 0.717) is 16.1 Å². The van der Waals surface area contributed by atoms with Crippen LogP contribution in [-0.4, -0.2) is 28.0 Å². The molecule has 4 aromatic rings. The molecule has 0 amide bonds. The van der Waals surface area contributed by atoms with Crippen LogP contribution in [0.1, 0.15) is 11.5 Å². The van der Waals surface area contributed by atoms with Gasteiger partial charge in [-0.2, -0.15) is 0 Å². The number of aryl methyl sites for hydroxylation is 2. The van der Waals surface area contributed by atoms with Crippen LogP contribution < -0.4 is 0 Å². The molecular formula is C16H14N4O2S. The average molecular weight is 326 g/mol. The minimum absolute atomic E-state index is 0.302. The van der Waals surface area contributed by atoms with Crippen molar-refractivity contribution in [2.75, 3.05) is 0 Å². The first-order chi connectivity index (χ1) is 11.1. The summed E-state index contributed by atoms with van der Waals surface area (Å²) in [5.41, 5.74) is 4.97. The summed E-state index contributed by atoms with van der Waals surface area (Å²) in [6.07, 6.45) is 0. The van der Waals surface area contributed by atoms with E-state index in [1.54, 1.807) is 12.1 Å². The molecule has 6 nitrogen and oxygen atoms in total. The molecule has 4 rings (SSSR count). The van der Waals surface area contributed by atoms with Crippen LogP contribution in [0.3, 0.4) is 0 Å². The molecule has 0 fully saturated rings. The first kappa shape index (κ1) is 14.0. The molecule has 3 aromatic heterocycles. The van der Waals surface area contributed by atoms with E-state index in [0.717, 1.165) is 28.1 Å². The van der Waals surface area contributed by atoms with E-state index in [-0.39, 0.29) is 0 Å². The summed E-state index contributed by atoms with van der Waals surface area (Å²) in [7, 11) is -2.68. The molecule has 0 aliphatic carbocycles. The number of pyridine rings is 1. The molecule has 0 aliphatic rings. The van der Waals surface area contributed by atoms with Crippen molar-refractivity contribution in [3.63, 3.8) is 0 Å². The predicted molar refractivity (Wildman–Crippen MR) is 88.3 cm³/mol. The lowest BCUT2D eigenvalue weighted by Gasteiger charge is -2.08. The maximum Gasteiger partial charge on any atom is 0.168 e. The molecule has 0 saturated heterocycles. The quantitative estimate of drug-likeness (QED) is 0.555. The summed E-state index contributed by atoms with van der Waals surface area (Å²) in [5, 5.41) is 8.31. The zero-order valence-electron chi connectivity index (χ0n) is 12.6. The molecule has 1 N–H and O–H groups in total. The summed E-state index contributed by atoms with van der Waals surface area (Å²) < 4.78 is 25.2. The van der Waals surface area contributed by atoms with Gasteiger partial charge in [0.2, 0.25) is 0 Å². The highest BCUT2D eigenvalue weighted by atomic mass is 32.2. The number of hydrogen-bond acceptors (Lipinski definition) is 4. The summed E-state index contributed by atoms with van der Waals surface area (Å²) in [6.45, 7) is 3.86. The number of hydrogen-bond donors (Lipinski definition) is 2. The van der Waals surface area contributed by atoms with E-state index in [2.05, 4.69) is 15.2 Å². The second-order valence-electron chi connectivity index (χ2n) is 5.49. The van der Waals surface area contributed by atoms with Gasteiger partial charge in [-0.25, -0.2) is 8.42 Å². The largest absolute Gasteiger partial charge is 0.357 e. The van der Waals surface area contributed by atoms with E-state index in [1.165, 1.54) is 0 Å². The van der Waals surface area contributed by atoms with Gasteiger partial charge in [0.15, 0.2) is 16.4 Å². The first-order valence-electron chi connectivity index (χ1n) is 7.14. The fraction of sp³-hybridized carbons (Fsp3) is 0.125. The van der Waals surface area contributed by atoms with Crippen LogP contribution in [0.5, 0.6) is 0 Å². The van der Waals surface area contributed by atoms with Gasteiger partial charge in [0, 0.05) is 16.8 Å². The van der Waals surface area contributed by atoms with Gasteiger partial charge in [0.05, 0.1) is 15.9 Å². The van der Waals surface area contributed by atoms with E-state index < -0.39 is 10.7 Å². The first-order valence-corrected chi connectivity index (χ1v) is 8.32. The Morgan fingerprint density at radius 2 is 1.83 bits per heavy atom. The molecule has 3 heterocycles. The molecule has 23 heavy (non-hydrogen) atoms. The van der Waals surface area contributed by atoms with Crippen molar-refractivity contribution in [2.24, 2.45) is 0 Å². The molecule has 0 bridgehead atoms. The van der Waals surface area contributed by atoms with Crippen LogP contribution in [0, 0.1) is 13.8 Å². The Bertz CT molecular complexity index is 1130. The third kappa shape index (κ3) is 2.04. The molecule has 116 valence electrons. The van der Waals surface area contributed by atoms with Crippen molar-refractivity contribution in [2.45, 2.75) is 18.7 Å². The summed E-state index contributed by atoms with van der Waals surface area (Å²) in [4.78, 5) is 3.63. The maximum atomic E-state index is 11.6. The van der Waals surface area contributed by atoms with Gasteiger partial charge in [-0.1, -0.05) is 18.2 Å². The van der Waals surface area contributed by atoms with Crippen LogP contribution in [0.15, 0.2) is 41.3 Å². The molecule has 0 aliphatic heterocycles. The lowest BCUT2D eigenvalue weighted by atomic mass is 10.1. The second kappa shape index (κ2) is 4.92. The fourth-order valence-corrected chi connectivity index (χ4v) is 3.60. The SMILES string of the molecule is Cc1cc2c([nH]1)c(-c1ccccc1[SH](=O)=O)cc1nnc(C)n12. The van der Waals surface area contributed by atoms with Gasteiger partial charge >= 0.3 is 0 Å². The van der Waals surface area contributed by atoms with Crippen LogP contribution in [0.4, 0.5) is 0 Å². The zero-order chi connectivity index (χ0) is 16.1. The maximum absolute atomic E-state index is 11.6. The average Bonchev–Trinajstić information content (AvgIpc) is 3.08. The Hall–Kier alpha value is -2.67. The third-order valence-electron chi connectivity index (χ3n) is 3.96. The minimum Gasteiger partial charge on any atom is -0.357 e. The fourth-order valence-electron chi connectivity index (χ4n) is 3.00. The Morgan fingerprint density at radius 3 is 2.61 bits per heavy atom. The van der Waals surface area contributed by atoms with Crippen LogP contribution in [0.2, 0.25) is 0 Å². The molecule has 1 aromatic carbocycles. The number of nitrogens with one attached hydrogen (secondary N) is 1. The summed E-state index contributed by atoms with van der Waals surface area (Å²) in [6, 6.07) is 10.9. The van der Waals surface area contributed by atoms with E-state index in [4.69, 9.17) is 0 Å². The number of aromatic amines is 1. The topological polar surface area (TPSA) is 80.1 Å². The van der Waals surface area contributed by atoms with Crippen LogP contribution >= 0.6 is 0 Å². The summed E-state index contributed by atoms with van der Waals surface area (Å²) in [5.74, 6) is 0.790. The smallest absolute Gasteiger partial charge is 0.168 e. The van der Waals surface area contributed by atoms with Crippen molar-refractivity contribution in [3.05, 3.63) is 47.9 Å². The Labute approximate surface area is 133 Å². The highest BCUT2D eigenvalue weighted by molar-refractivity contribution is 7.72. The van der Waals surface area contributed by atoms with E-state index in [1.807, 2.05) is 42.5 Å². The highest BCUT2D eigenvalue weighted by Gasteiger charge is 2.16. The van der Waals surface area contributed by atoms with Crippen LogP contribution in [0.25, 0.3) is 27.8 Å². The van der Waals surface area contributed by atoms with Gasteiger partial charge in [0.1, 0.15) is 5.82 Å². The monoisotopic (exact) mass is 326 g/mol. The highest BCUT2D eigenvalue weighted by Crippen LogP contribution is 2.33. The van der Waals surface area contributed by atoms with Crippen molar-refractivity contribution < 1.29 is 8.42 Å². The van der Waals surface area contributed by atoms with Gasteiger partial charge in [-0.05, 0) is 32.0 Å². The zero-order valence-corrected chi connectivity index (χ0v) is 13.5. The standard InChI is InChI=1S/C16H14N4O2S/c1-9-7-13-16(17-9)12(8-15-19-18-10(2)20(13)15)11-5-3-4-6-14(11)23(21)22/h3-8,17,23H,1-2H3. The second-order valence-corrected chi connectivity index (χ2v) is 6.48. The van der Waals surface area contributed by atoms with Gasteiger partial charge in [-0.3, -0.25) is 4.40 Å². The molecule has 0 radical (unpaired) electrons. The lowest BCUT2D eigenvalue weighted by Crippen LogP contribution is -1.94. The molecular weight excluding hydrogens is 312 g/mol. The molecule has 0 unspecified atom stereocenters. The molecule has 0 saturated carbocycles. The van der Waals surface area contributed by atoms with E-state index >= 15 is 0 Å². The summed E-state index contributed by atoms with van der Waals surface area (Å²) >= 11 is 0. The normalized spacial score (nSPS) is 11.8. The molecule has 7 heteroatoms. The van der Waals surface area contributed by atoms with Crippen molar-refractivity contribution in [3.8, 4) is 11.1 Å². The number of benzene rings is 1.